The van der Waals surface area contributed by atoms with Crippen LogP contribution in [0.4, 0.5) is 11.4 Å². The molecule has 100 valence electrons. The van der Waals surface area contributed by atoms with Gasteiger partial charge >= 0.3 is 0 Å². The number of para-hydroxylation sites is 1. The molecule has 2 rings (SSSR count). The van der Waals surface area contributed by atoms with Crippen LogP contribution in [-0.4, -0.2) is 0 Å². The molecule has 1 N–H and O–H groups in total. The third kappa shape index (κ3) is 3.60. The predicted octanol–water partition coefficient (Wildman–Crippen LogP) is 5.34. The first-order valence-electron chi connectivity index (χ1n) is 7.28. The number of aryl methyl sites for hydroxylation is 1. The van der Waals surface area contributed by atoms with Gasteiger partial charge in [0.2, 0.25) is 0 Å². The zero-order chi connectivity index (χ0) is 13.5. The maximum absolute atomic E-state index is 3.56. The van der Waals surface area contributed by atoms with Crippen LogP contribution in [0.3, 0.4) is 0 Å². The van der Waals surface area contributed by atoms with Crippen molar-refractivity contribution >= 4 is 11.4 Å². The summed E-state index contributed by atoms with van der Waals surface area (Å²) < 4.78 is 0. The largest absolute Gasteiger partial charge is 0.355 e. The Labute approximate surface area is 116 Å². The SMILES string of the molecule is CCCc1cccc(Nc2ccccc2)c1CCC. The molecule has 0 unspecified atom stereocenters. The quantitative estimate of drug-likeness (QED) is 0.733. The highest BCUT2D eigenvalue weighted by atomic mass is 14.9. The molecular formula is C18H23N. The second kappa shape index (κ2) is 6.98. The van der Waals surface area contributed by atoms with E-state index in [1.807, 2.05) is 6.07 Å². The van der Waals surface area contributed by atoms with Crippen LogP contribution < -0.4 is 5.32 Å². The lowest BCUT2D eigenvalue weighted by atomic mass is 9.97. The average molecular weight is 253 g/mol. The first-order valence-corrected chi connectivity index (χ1v) is 7.28. The molecule has 1 heteroatoms. The summed E-state index contributed by atoms with van der Waals surface area (Å²) in [6.07, 6.45) is 4.70. The van der Waals surface area contributed by atoms with Gasteiger partial charge in [-0.1, -0.05) is 57.0 Å². The normalized spacial score (nSPS) is 10.4. The van der Waals surface area contributed by atoms with Gasteiger partial charge in [0, 0.05) is 11.4 Å². The van der Waals surface area contributed by atoms with Crippen molar-refractivity contribution in [2.45, 2.75) is 39.5 Å². The van der Waals surface area contributed by atoms with Crippen LogP contribution in [0.2, 0.25) is 0 Å². The van der Waals surface area contributed by atoms with E-state index in [2.05, 4.69) is 61.6 Å². The van der Waals surface area contributed by atoms with Crippen molar-refractivity contribution in [1.29, 1.82) is 0 Å². The highest BCUT2D eigenvalue weighted by Crippen LogP contribution is 2.26. The van der Waals surface area contributed by atoms with E-state index in [1.54, 1.807) is 0 Å². The summed E-state index contributed by atoms with van der Waals surface area (Å²) in [5.41, 5.74) is 5.40. The summed E-state index contributed by atoms with van der Waals surface area (Å²) in [5.74, 6) is 0. The topological polar surface area (TPSA) is 12.0 Å². The summed E-state index contributed by atoms with van der Waals surface area (Å²) in [6.45, 7) is 4.49. The maximum atomic E-state index is 3.56. The smallest absolute Gasteiger partial charge is 0.0419 e. The van der Waals surface area contributed by atoms with Gasteiger partial charge in [0.25, 0.3) is 0 Å². The number of benzene rings is 2. The number of hydrogen-bond donors (Lipinski definition) is 1. The molecule has 0 aliphatic heterocycles. The van der Waals surface area contributed by atoms with Crippen molar-refractivity contribution in [3.63, 3.8) is 0 Å². The molecule has 19 heavy (non-hydrogen) atoms. The summed E-state index contributed by atoms with van der Waals surface area (Å²) >= 11 is 0. The molecule has 0 saturated carbocycles. The monoisotopic (exact) mass is 253 g/mol. The minimum absolute atomic E-state index is 1.14. The van der Waals surface area contributed by atoms with Gasteiger partial charge in [0.15, 0.2) is 0 Å². The van der Waals surface area contributed by atoms with Crippen LogP contribution in [0.1, 0.15) is 37.8 Å². The Morgan fingerprint density at radius 3 is 2.21 bits per heavy atom. The van der Waals surface area contributed by atoms with Crippen molar-refractivity contribution in [3.8, 4) is 0 Å². The third-order valence-corrected chi connectivity index (χ3v) is 3.35. The Kier molecular flexibility index (Phi) is 5.02. The Hall–Kier alpha value is -1.76. The van der Waals surface area contributed by atoms with Crippen LogP contribution in [0.5, 0.6) is 0 Å². The van der Waals surface area contributed by atoms with Gasteiger partial charge in [-0.15, -0.1) is 0 Å². The molecule has 0 aliphatic rings. The second-order valence-electron chi connectivity index (χ2n) is 4.93. The van der Waals surface area contributed by atoms with E-state index in [-0.39, 0.29) is 0 Å². The molecule has 0 aromatic heterocycles. The van der Waals surface area contributed by atoms with E-state index in [0.29, 0.717) is 0 Å². The molecule has 2 aromatic rings. The number of anilines is 2. The third-order valence-electron chi connectivity index (χ3n) is 3.35. The van der Waals surface area contributed by atoms with E-state index in [9.17, 15) is 0 Å². The van der Waals surface area contributed by atoms with Crippen LogP contribution in [0.25, 0.3) is 0 Å². The van der Waals surface area contributed by atoms with Crippen molar-refractivity contribution in [1.82, 2.24) is 0 Å². The van der Waals surface area contributed by atoms with Crippen LogP contribution in [0.15, 0.2) is 48.5 Å². The van der Waals surface area contributed by atoms with Gasteiger partial charge in [0.05, 0.1) is 0 Å². The molecule has 1 nitrogen and oxygen atoms in total. The van der Waals surface area contributed by atoms with Gasteiger partial charge < -0.3 is 5.32 Å². The molecule has 0 saturated heterocycles. The lowest BCUT2D eigenvalue weighted by Crippen LogP contribution is -2.00. The van der Waals surface area contributed by atoms with Crippen molar-refractivity contribution < 1.29 is 0 Å². The van der Waals surface area contributed by atoms with Gasteiger partial charge in [-0.3, -0.25) is 0 Å². The van der Waals surface area contributed by atoms with Gasteiger partial charge in [-0.05, 0) is 42.2 Å². The fourth-order valence-electron chi connectivity index (χ4n) is 2.48. The van der Waals surface area contributed by atoms with E-state index in [1.165, 1.54) is 36.1 Å². The number of nitrogens with one attached hydrogen (secondary N) is 1. The van der Waals surface area contributed by atoms with E-state index in [0.717, 1.165) is 12.1 Å². The molecule has 0 spiro atoms. The van der Waals surface area contributed by atoms with Crippen LogP contribution >= 0.6 is 0 Å². The van der Waals surface area contributed by atoms with Crippen LogP contribution in [0, 0.1) is 0 Å². The first-order chi connectivity index (χ1) is 9.35. The first kappa shape index (κ1) is 13.7. The Morgan fingerprint density at radius 2 is 1.53 bits per heavy atom. The summed E-state index contributed by atoms with van der Waals surface area (Å²) in [5, 5.41) is 3.56. The fourth-order valence-corrected chi connectivity index (χ4v) is 2.48. The Balaban J connectivity index is 2.30. The minimum Gasteiger partial charge on any atom is -0.355 e. The standard InChI is InChI=1S/C18H23N/c1-3-9-15-11-8-14-18(17(15)10-4-2)19-16-12-6-5-7-13-16/h5-8,11-14,19H,3-4,9-10H2,1-2H3. The average Bonchev–Trinajstić information content (AvgIpc) is 2.44. The number of hydrogen-bond acceptors (Lipinski definition) is 1. The van der Waals surface area contributed by atoms with E-state index in [4.69, 9.17) is 0 Å². The summed E-state index contributed by atoms with van der Waals surface area (Å²) in [6, 6.07) is 17.0. The number of rotatable bonds is 6. The zero-order valence-electron chi connectivity index (χ0n) is 11.9. The summed E-state index contributed by atoms with van der Waals surface area (Å²) in [4.78, 5) is 0. The highest BCUT2D eigenvalue weighted by molar-refractivity contribution is 5.64. The van der Waals surface area contributed by atoms with E-state index < -0.39 is 0 Å². The lowest BCUT2D eigenvalue weighted by molar-refractivity contribution is 0.863. The lowest BCUT2D eigenvalue weighted by Gasteiger charge is -2.16. The van der Waals surface area contributed by atoms with Gasteiger partial charge in [-0.25, -0.2) is 0 Å². The summed E-state index contributed by atoms with van der Waals surface area (Å²) in [7, 11) is 0. The fraction of sp³-hybridized carbons (Fsp3) is 0.333. The second-order valence-corrected chi connectivity index (χ2v) is 4.93. The molecule has 0 aliphatic carbocycles. The van der Waals surface area contributed by atoms with Gasteiger partial charge in [-0.2, -0.15) is 0 Å². The molecular weight excluding hydrogens is 230 g/mol. The minimum atomic E-state index is 1.14. The van der Waals surface area contributed by atoms with E-state index >= 15 is 0 Å². The molecule has 0 fully saturated rings. The molecule has 2 aromatic carbocycles. The zero-order valence-corrected chi connectivity index (χ0v) is 11.9. The molecule has 0 heterocycles. The molecule has 0 amide bonds. The van der Waals surface area contributed by atoms with Gasteiger partial charge in [0.1, 0.15) is 0 Å². The molecule has 0 atom stereocenters. The van der Waals surface area contributed by atoms with Crippen molar-refractivity contribution in [3.05, 3.63) is 59.7 Å². The predicted molar refractivity (Wildman–Crippen MR) is 84.2 cm³/mol. The Bertz CT molecular complexity index is 502. The maximum Gasteiger partial charge on any atom is 0.0419 e. The Morgan fingerprint density at radius 1 is 0.789 bits per heavy atom. The van der Waals surface area contributed by atoms with Crippen LogP contribution in [-0.2, 0) is 12.8 Å². The van der Waals surface area contributed by atoms with Crippen molar-refractivity contribution in [2.75, 3.05) is 5.32 Å². The van der Waals surface area contributed by atoms with Crippen molar-refractivity contribution in [2.24, 2.45) is 0 Å². The highest BCUT2D eigenvalue weighted by Gasteiger charge is 2.07. The molecule has 0 bridgehead atoms. The molecule has 0 radical (unpaired) electrons.